The lowest BCUT2D eigenvalue weighted by Crippen LogP contribution is -2.49. The molecule has 0 saturated heterocycles. The Kier molecular flexibility index (Phi) is 3.12. The van der Waals surface area contributed by atoms with E-state index in [-0.39, 0.29) is 11.7 Å². The van der Waals surface area contributed by atoms with Crippen molar-refractivity contribution >= 4 is 17.4 Å². The standard InChI is InChI=1S/C12H14ClNO/c1-9(2)10(15)4-5-11(3)6-7-12(11,13)8-14/h9H,6-7H2,1-3H3/t11-,12-/m1/s1. The molecule has 0 heterocycles. The van der Waals surface area contributed by atoms with Crippen LogP contribution in [-0.2, 0) is 4.79 Å². The van der Waals surface area contributed by atoms with Crippen molar-refractivity contribution < 1.29 is 4.79 Å². The van der Waals surface area contributed by atoms with Crippen molar-refractivity contribution in [1.29, 1.82) is 5.26 Å². The van der Waals surface area contributed by atoms with E-state index in [0.29, 0.717) is 6.42 Å². The Bertz CT molecular complexity index is 385. The van der Waals surface area contributed by atoms with Crippen LogP contribution in [-0.4, -0.2) is 10.7 Å². The van der Waals surface area contributed by atoms with E-state index in [9.17, 15) is 4.79 Å². The van der Waals surface area contributed by atoms with E-state index in [1.165, 1.54) is 0 Å². The van der Waals surface area contributed by atoms with E-state index in [1.54, 1.807) is 13.8 Å². The Balaban J connectivity index is 2.84. The summed E-state index contributed by atoms with van der Waals surface area (Å²) in [5, 5.41) is 8.92. The maximum Gasteiger partial charge on any atom is 0.207 e. The van der Waals surface area contributed by atoms with Crippen LogP contribution in [0.3, 0.4) is 0 Å². The van der Waals surface area contributed by atoms with Gasteiger partial charge in [0, 0.05) is 5.92 Å². The highest BCUT2D eigenvalue weighted by atomic mass is 35.5. The van der Waals surface area contributed by atoms with E-state index in [2.05, 4.69) is 17.9 Å². The number of nitrogens with zero attached hydrogens (tertiary/aromatic N) is 1. The first-order valence-electron chi connectivity index (χ1n) is 5.02. The number of carbonyl (C=O) groups is 1. The summed E-state index contributed by atoms with van der Waals surface area (Å²) in [4.78, 5) is 10.4. The Morgan fingerprint density at radius 2 is 2.07 bits per heavy atom. The zero-order valence-electron chi connectivity index (χ0n) is 9.22. The highest BCUT2D eigenvalue weighted by molar-refractivity contribution is 6.27. The van der Waals surface area contributed by atoms with Crippen LogP contribution >= 0.6 is 11.6 Å². The van der Waals surface area contributed by atoms with Crippen molar-refractivity contribution in [2.45, 2.75) is 38.5 Å². The first-order valence-corrected chi connectivity index (χ1v) is 5.40. The van der Waals surface area contributed by atoms with E-state index in [1.807, 2.05) is 6.92 Å². The smallest absolute Gasteiger partial charge is 0.207 e. The highest BCUT2D eigenvalue weighted by Gasteiger charge is 2.55. The van der Waals surface area contributed by atoms with Crippen LogP contribution in [0, 0.1) is 34.5 Å². The van der Waals surface area contributed by atoms with Gasteiger partial charge < -0.3 is 0 Å². The molecule has 15 heavy (non-hydrogen) atoms. The van der Waals surface area contributed by atoms with Crippen LogP contribution in [0.5, 0.6) is 0 Å². The van der Waals surface area contributed by atoms with E-state index in [0.717, 1.165) is 6.42 Å². The molecule has 0 bridgehead atoms. The Hall–Kier alpha value is -0.990. The fourth-order valence-corrected chi connectivity index (χ4v) is 1.64. The number of hydrogen-bond donors (Lipinski definition) is 0. The number of Topliss-reactive ketones (excluding diaryl/α,β-unsaturated/α-hetero) is 1. The van der Waals surface area contributed by atoms with Crippen molar-refractivity contribution in [1.82, 2.24) is 0 Å². The zero-order valence-corrected chi connectivity index (χ0v) is 9.98. The molecular weight excluding hydrogens is 210 g/mol. The van der Waals surface area contributed by atoms with Crippen molar-refractivity contribution in [3.8, 4) is 17.9 Å². The third-order valence-corrected chi connectivity index (χ3v) is 3.70. The Morgan fingerprint density at radius 3 is 2.40 bits per heavy atom. The molecule has 1 aliphatic rings. The van der Waals surface area contributed by atoms with E-state index >= 15 is 0 Å². The molecule has 0 aromatic carbocycles. The van der Waals surface area contributed by atoms with Gasteiger partial charge in [-0.1, -0.05) is 19.8 Å². The van der Waals surface area contributed by atoms with Gasteiger partial charge in [0.15, 0.2) is 0 Å². The van der Waals surface area contributed by atoms with Gasteiger partial charge in [-0.2, -0.15) is 5.26 Å². The molecule has 3 heteroatoms. The van der Waals surface area contributed by atoms with Crippen molar-refractivity contribution in [3.63, 3.8) is 0 Å². The third kappa shape index (κ3) is 2.01. The molecule has 0 aromatic heterocycles. The molecule has 1 aliphatic carbocycles. The summed E-state index contributed by atoms with van der Waals surface area (Å²) in [7, 11) is 0. The fraction of sp³-hybridized carbons (Fsp3) is 0.667. The van der Waals surface area contributed by atoms with Crippen LogP contribution in [0.25, 0.3) is 0 Å². The topological polar surface area (TPSA) is 40.9 Å². The zero-order chi connectivity index (χ0) is 11.7. The number of rotatable bonds is 1. The molecule has 0 N–H and O–H groups in total. The summed E-state index contributed by atoms with van der Waals surface area (Å²) in [6.45, 7) is 5.45. The minimum Gasteiger partial charge on any atom is -0.285 e. The summed E-state index contributed by atoms with van der Waals surface area (Å²) in [6.07, 6.45) is 1.43. The molecule has 2 nitrogen and oxygen atoms in total. The molecule has 1 saturated carbocycles. The number of halogens is 1. The van der Waals surface area contributed by atoms with Gasteiger partial charge in [0.05, 0.1) is 11.5 Å². The predicted molar refractivity (Wildman–Crippen MR) is 59.2 cm³/mol. The predicted octanol–water partition coefficient (Wildman–Crippen LogP) is 2.52. The maximum atomic E-state index is 11.3. The second-order valence-electron chi connectivity index (χ2n) is 4.51. The molecular formula is C12H14ClNO. The highest BCUT2D eigenvalue weighted by Crippen LogP contribution is 2.53. The molecule has 1 fully saturated rings. The van der Waals surface area contributed by atoms with Gasteiger partial charge in [-0.3, -0.25) is 4.79 Å². The average molecular weight is 224 g/mol. The molecule has 0 unspecified atom stereocenters. The number of nitriles is 1. The molecule has 0 aliphatic heterocycles. The van der Waals surface area contributed by atoms with Gasteiger partial charge in [-0.25, -0.2) is 0 Å². The molecule has 80 valence electrons. The van der Waals surface area contributed by atoms with Crippen molar-refractivity contribution in [3.05, 3.63) is 0 Å². The van der Waals surface area contributed by atoms with E-state index in [4.69, 9.17) is 16.9 Å². The normalized spacial score (nSPS) is 33.6. The van der Waals surface area contributed by atoms with Crippen LogP contribution < -0.4 is 0 Å². The summed E-state index contributed by atoms with van der Waals surface area (Å²) in [5.74, 6) is 5.27. The molecule has 0 spiro atoms. The summed E-state index contributed by atoms with van der Waals surface area (Å²) >= 11 is 6.09. The monoisotopic (exact) mass is 223 g/mol. The molecule has 0 radical (unpaired) electrons. The van der Waals surface area contributed by atoms with Crippen molar-refractivity contribution in [2.24, 2.45) is 11.3 Å². The Labute approximate surface area is 95.6 Å². The van der Waals surface area contributed by atoms with Crippen LogP contribution in [0.15, 0.2) is 0 Å². The molecule has 0 amide bonds. The Morgan fingerprint density at radius 1 is 1.47 bits per heavy atom. The van der Waals surface area contributed by atoms with E-state index < -0.39 is 10.3 Å². The first-order chi connectivity index (χ1) is 6.84. The van der Waals surface area contributed by atoms with Gasteiger partial charge in [-0.05, 0) is 25.7 Å². The van der Waals surface area contributed by atoms with Gasteiger partial charge >= 0.3 is 0 Å². The lowest BCUT2D eigenvalue weighted by molar-refractivity contribution is -0.116. The molecule has 0 aromatic rings. The minimum atomic E-state index is -0.905. The van der Waals surface area contributed by atoms with Gasteiger partial charge in [0.1, 0.15) is 4.87 Å². The number of ketones is 1. The number of carbonyl (C=O) groups excluding carboxylic acids is 1. The number of hydrogen-bond acceptors (Lipinski definition) is 2. The fourth-order valence-electron chi connectivity index (χ4n) is 1.40. The van der Waals surface area contributed by atoms with Crippen LogP contribution in [0.4, 0.5) is 0 Å². The lowest BCUT2D eigenvalue weighted by atomic mass is 9.61. The minimum absolute atomic E-state index is 0.0898. The average Bonchev–Trinajstić information content (AvgIpc) is 2.22. The second kappa shape index (κ2) is 3.87. The number of alkyl halides is 1. The summed E-state index contributed by atoms with van der Waals surface area (Å²) in [6, 6.07) is 2.07. The molecule has 1 rings (SSSR count). The van der Waals surface area contributed by atoms with Crippen LogP contribution in [0.2, 0.25) is 0 Å². The summed E-state index contributed by atoms with van der Waals surface area (Å²) in [5.41, 5.74) is -0.534. The van der Waals surface area contributed by atoms with Gasteiger partial charge in [0.2, 0.25) is 5.78 Å². The largest absolute Gasteiger partial charge is 0.285 e. The van der Waals surface area contributed by atoms with Crippen molar-refractivity contribution in [2.75, 3.05) is 0 Å². The van der Waals surface area contributed by atoms with Gasteiger partial charge in [-0.15, -0.1) is 11.6 Å². The second-order valence-corrected chi connectivity index (χ2v) is 5.16. The lowest BCUT2D eigenvalue weighted by Gasteiger charge is -2.45. The quantitative estimate of drug-likeness (QED) is 0.389. The van der Waals surface area contributed by atoms with Crippen LogP contribution in [0.1, 0.15) is 33.6 Å². The van der Waals surface area contributed by atoms with Gasteiger partial charge in [0.25, 0.3) is 0 Å². The molecule has 2 atom stereocenters. The SMILES string of the molecule is CC(C)C(=O)C#C[C@]1(C)CC[C@@]1(Cl)C#N. The summed E-state index contributed by atoms with van der Waals surface area (Å²) < 4.78 is 0. The maximum absolute atomic E-state index is 11.3. The third-order valence-electron chi connectivity index (χ3n) is 3.01. The first kappa shape index (κ1) is 12.1.